The van der Waals surface area contributed by atoms with E-state index in [2.05, 4.69) is 10.5 Å². The molecule has 118 valence electrons. The minimum atomic E-state index is -0.349. The fraction of sp³-hybridized carbons (Fsp3) is 0.125. The molecule has 1 amide bonds. The summed E-state index contributed by atoms with van der Waals surface area (Å²) >= 11 is 1.55. The Morgan fingerprint density at radius 2 is 2.09 bits per heavy atom. The van der Waals surface area contributed by atoms with Gasteiger partial charge in [-0.05, 0) is 23.6 Å². The molecule has 0 radical (unpaired) electrons. The van der Waals surface area contributed by atoms with E-state index in [0.717, 1.165) is 4.88 Å². The molecule has 0 aliphatic rings. The number of nitrogens with one attached hydrogen (secondary N) is 1. The van der Waals surface area contributed by atoms with Crippen LogP contribution in [0, 0.1) is 0 Å². The van der Waals surface area contributed by atoms with Crippen molar-refractivity contribution in [1.29, 1.82) is 0 Å². The quantitative estimate of drug-likeness (QED) is 0.772. The highest BCUT2D eigenvalue weighted by Gasteiger charge is 2.16. The van der Waals surface area contributed by atoms with Gasteiger partial charge in [0.25, 0.3) is 5.91 Å². The average molecular weight is 330 g/mol. The summed E-state index contributed by atoms with van der Waals surface area (Å²) in [5, 5.41) is 8.56. The minimum absolute atomic E-state index is 0.274. The second-order valence-corrected chi connectivity index (χ2v) is 5.52. The third-order valence-corrected chi connectivity index (χ3v) is 4.07. The van der Waals surface area contributed by atoms with Crippen molar-refractivity contribution in [2.75, 3.05) is 19.5 Å². The molecule has 0 saturated heterocycles. The summed E-state index contributed by atoms with van der Waals surface area (Å²) in [6.45, 7) is 0. The van der Waals surface area contributed by atoms with Crippen molar-refractivity contribution in [3.63, 3.8) is 0 Å². The van der Waals surface area contributed by atoms with Gasteiger partial charge in [0.2, 0.25) is 5.88 Å². The van der Waals surface area contributed by atoms with Crippen molar-refractivity contribution in [3.8, 4) is 22.1 Å². The van der Waals surface area contributed by atoms with Crippen LogP contribution in [-0.2, 0) is 0 Å². The van der Waals surface area contributed by atoms with E-state index in [1.807, 2.05) is 17.5 Å². The Morgan fingerprint density at radius 3 is 2.78 bits per heavy atom. The van der Waals surface area contributed by atoms with Gasteiger partial charge in [0.15, 0.2) is 0 Å². The third kappa shape index (κ3) is 3.19. The first kappa shape index (κ1) is 15.1. The zero-order valence-corrected chi connectivity index (χ0v) is 13.3. The molecule has 2 aromatic heterocycles. The Kier molecular flexibility index (Phi) is 4.29. The smallest absolute Gasteiger partial charge is 0.261 e. The molecule has 0 bridgehead atoms. The van der Waals surface area contributed by atoms with Crippen molar-refractivity contribution in [1.82, 2.24) is 5.16 Å². The first-order valence-electron chi connectivity index (χ1n) is 6.75. The highest BCUT2D eigenvalue weighted by atomic mass is 32.1. The van der Waals surface area contributed by atoms with Gasteiger partial charge in [-0.2, -0.15) is 0 Å². The van der Waals surface area contributed by atoms with Gasteiger partial charge in [0, 0.05) is 12.1 Å². The summed E-state index contributed by atoms with van der Waals surface area (Å²) in [4.78, 5) is 13.3. The zero-order chi connectivity index (χ0) is 16.2. The van der Waals surface area contributed by atoms with Gasteiger partial charge in [0.1, 0.15) is 17.2 Å². The molecular formula is C16H14N2O4S. The van der Waals surface area contributed by atoms with Crippen molar-refractivity contribution in [3.05, 3.63) is 47.3 Å². The number of hydrogen-bond acceptors (Lipinski definition) is 6. The molecule has 7 heteroatoms. The lowest BCUT2D eigenvalue weighted by atomic mass is 10.1. The van der Waals surface area contributed by atoms with Crippen molar-refractivity contribution >= 4 is 23.1 Å². The minimum Gasteiger partial charge on any atom is -0.497 e. The Labute approximate surface area is 136 Å². The van der Waals surface area contributed by atoms with Crippen LogP contribution in [0.5, 0.6) is 11.5 Å². The fourth-order valence-corrected chi connectivity index (χ4v) is 2.72. The molecule has 1 N–H and O–H groups in total. The summed E-state index contributed by atoms with van der Waals surface area (Å²) in [5.41, 5.74) is 1.05. The highest BCUT2D eigenvalue weighted by molar-refractivity contribution is 7.13. The molecule has 0 aliphatic carbocycles. The van der Waals surface area contributed by atoms with E-state index in [0.29, 0.717) is 22.8 Å². The predicted octanol–water partition coefficient (Wildman–Crippen LogP) is 3.67. The van der Waals surface area contributed by atoms with E-state index in [-0.39, 0.29) is 11.8 Å². The van der Waals surface area contributed by atoms with Gasteiger partial charge in [0.05, 0.1) is 24.7 Å². The highest BCUT2D eigenvalue weighted by Crippen LogP contribution is 2.28. The molecule has 6 nitrogen and oxygen atoms in total. The number of thiophene rings is 1. The van der Waals surface area contributed by atoms with Crippen molar-refractivity contribution in [2.24, 2.45) is 0 Å². The summed E-state index contributed by atoms with van der Waals surface area (Å²) in [6, 6.07) is 10.5. The number of methoxy groups -OCH3 is 2. The number of anilines is 1. The Balaban J connectivity index is 1.79. The molecule has 0 unspecified atom stereocenters. The lowest BCUT2D eigenvalue weighted by molar-refractivity contribution is 0.102. The molecule has 0 spiro atoms. The van der Waals surface area contributed by atoms with Crippen LogP contribution in [0.15, 0.2) is 46.3 Å². The normalized spacial score (nSPS) is 10.3. The van der Waals surface area contributed by atoms with Crippen LogP contribution < -0.4 is 14.8 Å². The van der Waals surface area contributed by atoms with Gasteiger partial charge in [-0.15, -0.1) is 11.3 Å². The summed E-state index contributed by atoms with van der Waals surface area (Å²) in [6.07, 6.45) is 0. The van der Waals surface area contributed by atoms with Crippen LogP contribution in [0.2, 0.25) is 0 Å². The number of rotatable bonds is 5. The summed E-state index contributed by atoms with van der Waals surface area (Å²) < 4.78 is 15.5. The van der Waals surface area contributed by atoms with E-state index in [1.54, 1.807) is 42.7 Å². The molecule has 3 rings (SSSR count). The molecule has 0 atom stereocenters. The monoisotopic (exact) mass is 330 g/mol. The number of ether oxygens (including phenoxy) is 2. The van der Waals surface area contributed by atoms with Crippen LogP contribution in [0.4, 0.5) is 5.88 Å². The number of aromatic nitrogens is 1. The van der Waals surface area contributed by atoms with E-state index < -0.39 is 0 Å². The molecule has 1 aromatic carbocycles. The molecule has 0 aliphatic heterocycles. The number of amides is 1. The van der Waals surface area contributed by atoms with Gasteiger partial charge in [-0.1, -0.05) is 11.2 Å². The molecule has 23 heavy (non-hydrogen) atoms. The topological polar surface area (TPSA) is 73.6 Å². The number of carbonyl (C=O) groups is 1. The molecule has 0 saturated carbocycles. The standard InChI is InChI=1S/C16H14N2O4S/c1-20-10-5-6-11(13(8-10)21-2)16(19)17-15-9-12(18-22-15)14-4-3-7-23-14/h3-9H,1-2H3,(H,17,19). The largest absolute Gasteiger partial charge is 0.497 e. The van der Waals surface area contributed by atoms with Crippen LogP contribution in [-0.4, -0.2) is 25.3 Å². The third-order valence-electron chi connectivity index (χ3n) is 3.17. The van der Waals surface area contributed by atoms with E-state index in [4.69, 9.17) is 14.0 Å². The summed E-state index contributed by atoms with van der Waals surface area (Å²) in [7, 11) is 3.05. The molecule has 2 heterocycles. The van der Waals surface area contributed by atoms with Crippen molar-refractivity contribution < 1.29 is 18.8 Å². The maximum absolute atomic E-state index is 12.4. The van der Waals surface area contributed by atoms with Gasteiger partial charge >= 0.3 is 0 Å². The Bertz CT molecular complexity index is 811. The Hall–Kier alpha value is -2.80. The van der Waals surface area contributed by atoms with Crippen LogP contribution in [0.1, 0.15) is 10.4 Å². The SMILES string of the molecule is COc1ccc(C(=O)Nc2cc(-c3cccs3)no2)c(OC)c1. The predicted molar refractivity (Wildman–Crippen MR) is 87.3 cm³/mol. The first-order chi connectivity index (χ1) is 11.2. The molecule has 3 aromatic rings. The summed E-state index contributed by atoms with van der Waals surface area (Å²) in [5.74, 6) is 0.951. The maximum atomic E-state index is 12.4. The molecular weight excluding hydrogens is 316 g/mol. The van der Waals surface area contributed by atoms with E-state index in [1.165, 1.54) is 7.11 Å². The van der Waals surface area contributed by atoms with Crippen LogP contribution in [0.25, 0.3) is 10.6 Å². The average Bonchev–Trinajstić information content (AvgIpc) is 3.25. The number of nitrogens with zero attached hydrogens (tertiary/aromatic N) is 1. The van der Waals surface area contributed by atoms with Crippen molar-refractivity contribution in [2.45, 2.75) is 0 Å². The van der Waals surface area contributed by atoms with E-state index in [9.17, 15) is 4.79 Å². The lowest BCUT2D eigenvalue weighted by Gasteiger charge is -2.09. The second-order valence-electron chi connectivity index (χ2n) is 4.57. The molecule has 0 fully saturated rings. The number of carbonyl (C=O) groups excluding carboxylic acids is 1. The maximum Gasteiger partial charge on any atom is 0.261 e. The number of benzene rings is 1. The van der Waals surface area contributed by atoms with Gasteiger partial charge < -0.3 is 14.0 Å². The fourth-order valence-electron chi connectivity index (χ4n) is 2.04. The van der Waals surface area contributed by atoms with Crippen LogP contribution in [0.3, 0.4) is 0 Å². The van der Waals surface area contributed by atoms with Gasteiger partial charge in [-0.3, -0.25) is 10.1 Å². The zero-order valence-electron chi connectivity index (χ0n) is 12.5. The van der Waals surface area contributed by atoms with E-state index >= 15 is 0 Å². The Morgan fingerprint density at radius 1 is 1.22 bits per heavy atom. The first-order valence-corrected chi connectivity index (χ1v) is 7.63. The number of hydrogen-bond donors (Lipinski definition) is 1. The van der Waals surface area contributed by atoms with Gasteiger partial charge in [-0.25, -0.2) is 0 Å². The lowest BCUT2D eigenvalue weighted by Crippen LogP contribution is -2.12. The second kappa shape index (κ2) is 6.53. The van der Waals surface area contributed by atoms with Crippen LogP contribution >= 0.6 is 11.3 Å².